The van der Waals surface area contributed by atoms with Gasteiger partial charge in [0.25, 0.3) is 11.7 Å². The number of nitrogens with one attached hydrogen (secondary N) is 1. The van der Waals surface area contributed by atoms with Crippen LogP contribution in [0.15, 0.2) is 16.5 Å². The summed E-state index contributed by atoms with van der Waals surface area (Å²) in [4.78, 5) is 11.7. The molecule has 1 atom stereocenters. The lowest BCUT2D eigenvalue weighted by Crippen LogP contribution is -2.40. The van der Waals surface area contributed by atoms with Crippen molar-refractivity contribution < 1.29 is 27.8 Å². The first kappa shape index (κ1) is 15.9. The third kappa shape index (κ3) is 5.58. The molecule has 1 aromatic heterocycles. The van der Waals surface area contributed by atoms with Gasteiger partial charge in [-0.25, -0.2) is 0 Å². The van der Waals surface area contributed by atoms with Crippen molar-refractivity contribution in [1.82, 2.24) is 5.32 Å². The van der Waals surface area contributed by atoms with Crippen LogP contribution in [0.25, 0.3) is 0 Å². The van der Waals surface area contributed by atoms with Crippen molar-refractivity contribution in [2.75, 3.05) is 20.3 Å². The number of thioether (sulfide) groups is 1. The maximum absolute atomic E-state index is 12.0. The van der Waals surface area contributed by atoms with E-state index in [2.05, 4.69) is 5.32 Å². The van der Waals surface area contributed by atoms with Crippen LogP contribution in [0.1, 0.15) is 16.3 Å². The van der Waals surface area contributed by atoms with Gasteiger partial charge >= 0.3 is 0 Å². The number of hydrogen-bond donors (Lipinski definition) is 2. The third-order valence-corrected chi connectivity index (χ3v) is 2.86. The fourth-order valence-corrected chi connectivity index (χ4v) is 1.77. The number of hydrogen-bond acceptors (Lipinski definition) is 5. The molecule has 1 unspecified atom stereocenters. The van der Waals surface area contributed by atoms with Gasteiger partial charge in [0.2, 0.25) is 0 Å². The van der Waals surface area contributed by atoms with E-state index in [1.807, 2.05) is 0 Å². The highest BCUT2D eigenvalue weighted by molar-refractivity contribution is 7.98. The average Bonchev–Trinajstić information content (AvgIpc) is 2.84. The van der Waals surface area contributed by atoms with Crippen molar-refractivity contribution in [2.45, 2.75) is 17.6 Å². The van der Waals surface area contributed by atoms with Gasteiger partial charge in [0, 0.05) is 7.11 Å². The molecule has 0 spiro atoms. The minimum Gasteiger partial charge on any atom is -0.455 e. The van der Waals surface area contributed by atoms with Crippen LogP contribution in [0.4, 0.5) is 8.78 Å². The predicted octanol–water partition coefficient (Wildman–Crippen LogP) is 1.47. The van der Waals surface area contributed by atoms with E-state index in [1.165, 1.54) is 19.2 Å². The number of ether oxygens (including phenoxy) is 1. The number of aliphatic hydroxyl groups excluding tert-OH is 1. The summed E-state index contributed by atoms with van der Waals surface area (Å²) in [6.45, 7) is -0.106. The van der Waals surface area contributed by atoms with Crippen LogP contribution in [-0.4, -0.2) is 43.1 Å². The first-order chi connectivity index (χ1) is 9.06. The molecule has 0 aliphatic heterocycles. The van der Waals surface area contributed by atoms with E-state index in [0.29, 0.717) is 17.5 Å². The molecule has 0 aliphatic carbocycles. The Bertz CT molecular complexity index is 400. The van der Waals surface area contributed by atoms with Crippen molar-refractivity contribution in [3.8, 4) is 0 Å². The second-order valence-corrected chi connectivity index (χ2v) is 4.62. The summed E-state index contributed by atoms with van der Waals surface area (Å²) in [5.41, 5.74) is 0. The molecule has 0 fully saturated rings. The van der Waals surface area contributed by atoms with E-state index < -0.39 is 17.7 Å². The van der Waals surface area contributed by atoms with E-state index in [-0.39, 0.29) is 24.7 Å². The summed E-state index contributed by atoms with van der Waals surface area (Å²) in [5, 5.41) is 11.5. The highest BCUT2D eigenvalue weighted by Crippen LogP contribution is 2.21. The second kappa shape index (κ2) is 8.13. The van der Waals surface area contributed by atoms with Gasteiger partial charge in [-0.2, -0.15) is 8.78 Å². The van der Waals surface area contributed by atoms with E-state index in [4.69, 9.17) is 14.3 Å². The topological polar surface area (TPSA) is 71.7 Å². The van der Waals surface area contributed by atoms with Gasteiger partial charge in [0.05, 0.1) is 25.0 Å². The average molecular weight is 295 g/mol. The lowest BCUT2D eigenvalue weighted by atomic mass is 10.3. The highest BCUT2D eigenvalue weighted by Gasteiger charge is 2.16. The molecular formula is C11H15F2NO4S. The zero-order valence-corrected chi connectivity index (χ0v) is 11.1. The molecule has 1 amide bonds. The fraction of sp³-hybridized carbons (Fsp3) is 0.545. The number of aliphatic hydroxyl groups is 1. The standard InChI is InChI=1S/C11H15F2NO4S/c1-17-5-7(4-15)14-10(16)9-3-2-8(18-9)6-19-11(12)13/h2-3,7,11,15H,4-6H2,1H3,(H,14,16). The Morgan fingerprint density at radius 1 is 1.58 bits per heavy atom. The molecule has 0 aromatic carbocycles. The number of amides is 1. The molecule has 108 valence electrons. The number of carbonyl (C=O) groups is 1. The van der Waals surface area contributed by atoms with Gasteiger partial charge in [-0.15, -0.1) is 0 Å². The Labute approximate surface area is 113 Å². The summed E-state index contributed by atoms with van der Waals surface area (Å²) >= 11 is 0.417. The zero-order chi connectivity index (χ0) is 14.3. The molecule has 0 saturated carbocycles. The number of rotatable bonds is 8. The number of halogens is 2. The van der Waals surface area contributed by atoms with Crippen LogP contribution in [0.2, 0.25) is 0 Å². The first-order valence-electron chi connectivity index (χ1n) is 5.46. The third-order valence-electron chi connectivity index (χ3n) is 2.16. The van der Waals surface area contributed by atoms with Crippen molar-refractivity contribution >= 4 is 17.7 Å². The van der Waals surface area contributed by atoms with Crippen LogP contribution >= 0.6 is 11.8 Å². The summed E-state index contributed by atoms with van der Waals surface area (Å²) in [5.74, 6) is -2.71. The quantitative estimate of drug-likeness (QED) is 0.760. The summed E-state index contributed by atoms with van der Waals surface area (Å²) in [7, 11) is 1.45. The predicted molar refractivity (Wildman–Crippen MR) is 66.2 cm³/mol. The molecule has 19 heavy (non-hydrogen) atoms. The maximum atomic E-state index is 12.0. The Balaban J connectivity index is 2.52. The smallest absolute Gasteiger partial charge is 0.287 e. The number of carbonyl (C=O) groups excluding carboxylic acids is 1. The van der Waals surface area contributed by atoms with Crippen molar-refractivity contribution in [3.63, 3.8) is 0 Å². The molecule has 8 heteroatoms. The largest absolute Gasteiger partial charge is 0.455 e. The number of alkyl halides is 2. The molecule has 1 rings (SSSR count). The lowest BCUT2D eigenvalue weighted by Gasteiger charge is -2.13. The van der Waals surface area contributed by atoms with Gasteiger partial charge in [0.15, 0.2) is 5.76 Å². The Kier molecular flexibility index (Phi) is 6.82. The van der Waals surface area contributed by atoms with Crippen LogP contribution in [0.3, 0.4) is 0 Å². The van der Waals surface area contributed by atoms with E-state index in [9.17, 15) is 13.6 Å². The Morgan fingerprint density at radius 3 is 2.89 bits per heavy atom. The number of methoxy groups -OCH3 is 1. The molecule has 1 aromatic rings. The highest BCUT2D eigenvalue weighted by atomic mass is 32.2. The Hall–Kier alpha value is -1.12. The minimum absolute atomic E-state index is 0.00749. The van der Waals surface area contributed by atoms with Crippen molar-refractivity contribution in [3.05, 3.63) is 23.7 Å². The van der Waals surface area contributed by atoms with Crippen LogP contribution in [0.5, 0.6) is 0 Å². The normalized spacial score (nSPS) is 12.7. The van der Waals surface area contributed by atoms with E-state index >= 15 is 0 Å². The van der Waals surface area contributed by atoms with E-state index in [0.717, 1.165) is 0 Å². The van der Waals surface area contributed by atoms with E-state index in [1.54, 1.807) is 0 Å². The van der Waals surface area contributed by atoms with Crippen LogP contribution in [-0.2, 0) is 10.5 Å². The molecular weight excluding hydrogens is 280 g/mol. The zero-order valence-electron chi connectivity index (χ0n) is 10.3. The maximum Gasteiger partial charge on any atom is 0.287 e. The first-order valence-corrected chi connectivity index (χ1v) is 6.50. The molecule has 0 saturated heterocycles. The monoisotopic (exact) mass is 295 g/mol. The second-order valence-electron chi connectivity index (χ2n) is 3.65. The Morgan fingerprint density at radius 2 is 2.32 bits per heavy atom. The molecule has 0 bridgehead atoms. The molecule has 0 aliphatic rings. The van der Waals surface area contributed by atoms with Crippen LogP contribution < -0.4 is 5.32 Å². The van der Waals surface area contributed by atoms with Gasteiger partial charge < -0.3 is 19.6 Å². The minimum atomic E-state index is -2.48. The van der Waals surface area contributed by atoms with Crippen molar-refractivity contribution in [2.24, 2.45) is 0 Å². The molecule has 1 heterocycles. The lowest BCUT2D eigenvalue weighted by molar-refractivity contribution is 0.0813. The summed E-state index contributed by atoms with van der Waals surface area (Å²) in [6.07, 6.45) is 0. The summed E-state index contributed by atoms with van der Waals surface area (Å²) in [6, 6.07) is 2.33. The number of furan rings is 1. The fourth-order valence-electron chi connectivity index (χ4n) is 1.32. The van der Waals surface area contributed by atoms with Gasteiger partial charge in [-0.3, -0.25) is 4.79 Å². The van der Waals surface area contributed by atoms with Gasteiger partial charge in [-0.05, 0) is 12.1 Å². The van der Waals surface area contributed by atoms with Crippen molar-refractivity contribution in [1.29, 1.82) is 0 Å². The molecule has 2 N–H and O–H groups in total. The summed E-state index contributed by atoms with van der Waals surface area (Å²) < 4.78 is 33.9. The van der Waals surface area contributed by atoms with Gasteiger partial charge in [-0.1, -0.05) is 11.8 Å². The SMILES string of the molecule is COCC(CO)NC(=O)c1ccc(CSC(F)F)o1. The van der Waals surface area contributed by atoms with Crippen LogP contribution in [0, 0.1) is 0 Å². The van der Waals surface area contributed by atoms with Gasteiger partial charge in [0.1, 0.15) is 5.76 Å². The molecule has 5 nitrogen and oxygen atoms in total. The molecule has 0 radical (unpaired) electrons.